The lowest BCUT2D eigenvalue weighted by molar-refractivity contribution is 0.0947. The van der Waals surface area contributed by atoms with Gasteiger partial charge in [-0.3, -0.25) is 14.5 Å². The van der Waals surface area contributed by atoms with E-state index in [1.165, 1.54) is 5.56 Å². The summed E-state index contributed by atoms with van der Waals surface area (Å²) in [7, 11) is 0. The number of aromatic nitrogens is 3. The molecule has 132 valence electrons. The fourth-order valence-electron chi connectivity index (χ4n) is 3.12. The van der Waals surface area contributed by atoms with Gasteiger partial charge >= 0.3 is 0 Å². The summed E-state index contributed by atoms with van der Waals surface area (Å²) in [6.07, 6.45) is 5.01. The highest BCUT2D eigenvalue weighted by molar-refractivity contribution is 5.92. The van der Waals surface area contributed by atoms with Crippen LogP contribution in [0.25, 0.3) is 0 Å². The SMILES string of the molecule is O=C(NCCc1ccccc1)c1cc2n(n1)C[C@@H](Oc1ccncc1)C2. The van der Waals surface area contributed by atoms with Crippen molar-refractivity contribution in [1.82, 2.24) is 20.1 Å². The molecular formula is C20H20N4O2. The van der Waals surface area contributed by atoms with Crippen molar-refractivity contribution in [3.63, 3.8) is 0 Å². The van der Waals surface area contributed by atoms with Crippen LogP contribution in [-0.4, -0.2) is 33.3 Å². The fraction of sp³-hybridized carbons (Fsp3) is 0.250. The molecule has 6 heteroatoms. The maximum absolute atomic E-state index is 12.3. The van der Waals surface area contributed by atoms with Crippen molar-refractivity contribution in [3.8, 4) is 5.75 Å². The molecule has 1 atom stereocenters. The van der Waals surface area contributed by atoms with E-state index in [1.54, 1.807) is 12.4 Å². The third-order valence-corrected chi connectivity index (χ3v) is 4.40. The van der Waals surface area contributed by atoms with E-state index >= 15 is 0 Å². The molecule has 6 nitrogen and oxygen atoms in total. The average Bonchev–Trinajstić information content (AvgIpc) is 3.22. The number of hydrogen-bond acceptors (Lipinski definition) is 4. The summed E-state index contributed by atoms with van der Waals surface area (Å²) in [5.74, 6) is 0.670. The molecular weight excluding hydrogens is 328 g/mol. The molecule has 3 heterocycles. The number of nitrogens with zero attached hydrogens (tertiary/aromatic N) is 3. The molecule has 0 radical (unpaired) electrons. The van der Waals surface area contributed by atoms with Crippen LogP contribution in [0.15, 0.2) is 60.9 Å². The van der Waals surface area contributed by atoms with Gasteiger partial charge in [0.15, 0.2) is 0 Å². The van der Waals surface area contributed by atoms with E-state index in [-0.39, 0.29) is 12.0 Å². The molecule has 2 aromatic heterocycles. The van der Waals surface area contributed by atoms with Crippen LogP contribution >= 0.6 is 0 Å². The monoisotopic (exact) mass is 348 g/mol. The minimum absolute atomic E-state index is 0.0371. The Hall–Kier alpha value is -3.15. The van der Waals surface area contributed by atoms with Crippen LogP contribution in [0.5, 0.6) is 5.75 Å². The van der Waals surface area contributed by atoms with Crippen molar-refractivity contribution in [2.75, 3.05) is 6.54 Å². The highest BCUT2D eigenvalue weighted by Gasteiger charge is 2.26. The Bertz CT molecular complexity index is 854. The van der Waals surface area contributed by atoms with E-state index in [0.29, 0.717) is 18.8 Å². The maximum atomic E-state index is 12.3. The minimum atomic E-state index is -0.130. The summed E-state index contributed by atoms with van der Waals surface area (Å²) < 4.78 is 7.79. The van der Waals surface area contributed by atoms with Gasteiger partial charge in [0.25, 0.3) is 5.91 Å². The van der Waals surface area contributed by atoms with Crippen LogP contribution in [0.3, 0.4) is 0 Å². The second-order valence-corrected chi connectivity index (χ2v) is 6.32. The molecule has 1 aliphatic rings. The summed E-state index contributed by atoms with van der Waals surface area (Å²) in [6.45, 7) is 1.24. The van der Waals surface area contributed by atoms with E-state index in [1.807, 2.05) is 41.1 Å². The largest absolute Gasteiger partial charge is 0.488 e. The third-order valence-electron chi connectivity index (χ3n) is 4.40. The fourth-order valence-corrected chi connectivity index (χ4v) is 3.12. The van der Waals surface area contributed by atoms with Gasteiger partial charge in [0.2, 0.25) is 0 Å². The summed E-state index contributed by atoms with van der Waals surface area (Å²) in [5.41, 5.74) is 2.70. The van der Waals surface area contributed by atoms with Crippen molar-refractivity contribution in [1.29, 1.82) is 0 Å². The van der Waals surface area contributed by atoms with Crippen molar-refractivity contribution in [3.05, 3.63) is 77.9 Å². The number of hydrogen-bond donors (Lipinski definition) is 1. The predicted octanol–water partition coefficient (Wildman–Crippen LogP) is 2.25. The van der Waals surface area contributed by atoms with Crippen LogP contribution in [0.1, 0.15) is 21.7 Å². The van der Waals surface area contributed by atoms with E-state index < -0.39 is 0 Å². The Balaban J connectivity index is 1.29. The predicted molar refractivity (Wildman–Crippen MR) is 97.1 cm³/mol. The molecule has 26 heavy (non-hydrogen) atoms. The molecule has 0 fully saturated rings. The van der Waals surface area contributed by atoms with Gasteiger partial charge in [0, 0.05) is 31.1 Å². The topological polar surface area (TPSA) is 69.0 Å². The Morgan fingerprint density at radius 1 is 1.19 bits per heavy atom. The van der Waals surface area contributed by atoms with Gasteiger partial charge in [0.1, 0.15) is 17.5 Å². The number of ether oxygens (including phenoxy) is 1. The Kier molecular flexibility index (Phi) is 4.64. The summed E-state index contributed by atoms with van der Waals surface area (Å²) in [6, 6.07) is 15.6. The van der Waals surface area contributed by atoms with Crippen LogP contribution in [0, 0.1) is 0 Å². The first-order valence-corrected chi connectivity index (χ1v) is 8.73. The average molecular weight is 348 g/mol. The quantitative estimate of drug-likeness (QED) is 0.742. The number of carbonyl (C=O) groups excluding carboxylic acids is 1. The van der Waals surface area contributed by atoms with Crippen LogP contribution < -0.4 is 10.1 Å². The number of carbonyl (C=O) groups is 1. The molecule has 1 aliphatic heterocycles. The Labute approximate surface area is 151 Å². The zero-order chi connectivity index (χ0) is 17.8. The number of amides is 1. The zero-order valence-electron chi connectivity index (χ0n) is 14.3. The summed E-state index contributed by atoms with van der Waals surface area (Å²) in [4.78, 5) is 16.3. The molecule has 1 N–H and O–H groups in total. The molecule has 0 aliphatic carbocycles. The standard InChI is InChI=1S/C20H20N4O2/c25-20(22-11-6-15-4-2-1-3-5-15)19-13-16-12-18(14-24(16)23-19)26-17-7-9-21-10-8-17/h1-5,7-10,13,18H,6,11-12,14H2,(H,22,25)/t18-/m0/s1. The van der Waals surface area contributed by atoms with Gasteiger partial charge in [-0.2, -0.15) is 5.10 Å². The number of pyridine rings is 1. The highest BCUT2D eigenvalue weighted by atomic mass is 16.5. The van der Waals surface area contributed by atoms with Gasteiger partial charge in [-0.1, -0.05) is 30.3 Å². The number of rotatable bonds is 6. The zero-order valence-corrected chi connectivity index (χ0v) is 14.3. The van der Waals surface area contributed by atoms with Gasteiger partial charge in [-0.15, -0.1) is 0 Å². The van der Waals surface area contributed by atoms with Gasteiger partial charge < -0.3 is 10.1 Å². The second-order valence-electron chi connectivity index (χ2n) is 6.32. The van der Waals surface area contributed by atoms with Crippen LogP contribution in [0.2, 0.25) is 0 Å². The normalized spacial score (nSPS) is 15.5. The lowest BCUT2D eigenvalue weighted by atomic mass is 10.1. The van der Waals surface area contributed by atoms with Gasteiger partial charge in [0.05, 0.1) is 6.54 Å². The Morgan fingerprint density at radius 3 is 2.77 bits per heavy atom. The van der Waals surface area contributed by atoms with E-state index in [4.69, 9.17) is 4.74 Å². The molecule has 0 spiro atoms. The molecule has 1 aromatic carbocycles. The number of fused-ring (bicyclic) bond motifs is 1. The van der Waals surface area contributed by atoms with Crippen molar-refractivity contribution in [2.45, 2.75) is 25.5 Å². The van der Waals surface area contributed by atoms with Crippen LogP contribution in [0.4, 0.5) is 0 Å². The Morgan fingerprint density at radius 2 is 2.00 bits per heavy atom. The minimum Gasteiger partial charge on any atom is -0.488 e. The second kappa shape index (κ2) is 7.39. The molecule has 0 bridgehead atoms. The van der Waals surface area contributed by atoms with Gasteiger partial charge in [-0.05, 0) is 30.2 Å². The lowest BCUT2D eigenvalue weighted by Crippen LogP contribution is -2.26. The number of benzene rings is 1. The molecule has 0 saturated heterocycles. The first kappa shape index (κ1) is 16.3. The van der Waals surface area contributed by atoms with Gasteiger partial charge in [-0.25, -0.2) is 0 Å². The molecule has 0 unspecified atom stereocenters. The molecule has 3 aromatic rings. The number of nitrogens with one attached hydrogen (secondary N) is 1. The highest BCUT2D eigenvalue weighted by Crippen LogP contribution is 2.21. The van der Waals surface area contributed by atoms with Crippen molar-refractivity contribution < 1.29 is 9.53 Å². The maximum Gasteiger partial charge on any atom is 0.271 e. The van der Waals surface area contributed by atoms with E-state index in [0.717, 1.165) is 24.3 Å². The van der Waals surface area contributed by atoms with Crippen molar-refractivity contribution in [2.24, 2.45) is 0 Å². The molecule has 0 saturated carbocycles. The smallest absolute Gasteiger partial charge is 0.271 e. The third kappa shape index (κ3) is 3.74. The first-order valence-electron chi connectivity index (χ1n) is 8.73. The molecule has 4 rings (SSSR count). The molecule has 1 amide bonds. The van der Waals surface area contributed by atoms with E-state index in [2.05, 4.69) is 27.5 Å². The summed E-state index contributed by atoms with van der Waals surface area (Å²) in [5, 5.41) is 7.35. The summed E-state index contributed by atoms with van der Waals surface area (Å²) >= 11 is 0. The van der Waals surface area contributed by atoms with E-state index in [9.17, 15) is 4.79 Å². The lowest BCUT2D eigenvalue weighted by Gasteiger charge is -2.12. The first-order chi connectivity index (χ1) is 12.8. The van der Waals surface area contributed by atoms with Crippen molar-refractivity contribution >= 4 is 5.91 Å². The van der Waals surface area contributed by atoms with Crippen LogP contribution in [-0.2, 0) is 19.4 Å².